The van der Waals surface area contributed by atoms with E-state index in [-0.39, 0.29) is 11.8 Å². The third-order valence-corrected chi connectivity index (χ3v) is 7.22. The highest BCUT2D eigenvalue weighted by atomic mass is 16.4. The number of nitrogens with two attached hydrogens (primary N) is 1. The van der Waals surface area contributed by atoms with Crippen LogP contribution in [-0.2, 0) is 19.2 Å². The molecule has 2 rings (SSSR count). The highest BCUT2D eigenvalue weighted by Gasteiger charge is 2.29. The summed E-state index contributed by atoms with van der Waals surface area (Å²) in [4.78, 5) is 48.1. The van der Waals surface area contributed by atoms with E-state index in [1.807, 2.05) is 25.2 Å². The first kappa shape index (κ1) is 33.0. The van der Waals surface area contributed by atoms with Crippen molar-refractivity contribution in [1.82, 2.24) is 5.32 Å². The fourth-order valence-electron chi connectivity index (χ4n) is 5.07. The van der Waals surface area contributed by atoms with Gasteiger partial charge in [-0.2, -0.15) is 0 Å². The van der Waals surface area contributed by atoms with E-state index in [9.17, 15) is 24.3 Å². The molecule has 41 heavy (non-hydrogen) atoms. The molecule has 8 nitrogen and oxygen atoms in total. The molecule has 1 aliphatic rings. The second-order valence-electron chi connectivity index (χ2n) is 11.3. The molecule has 0 saturated heterocycles. The summed E-state index contributed by atoms with van der Waals surface area (Å²) in [6, 6.07) is 5.24. The van der Waals surface area contributed by atoms with Crippen molar-refractivity contribution in [2.24, 2.45) is 11.1 Å². The van der Waals surface area contributed by atoms with Crippen molar-refractivity contribution in [2.75, 3.05) is 5.32 Å². The molecule has 0 radical (unpaired) electrons. The van der Waals surface area contributed by atoms with E-state index in [2.05, 4.69) is 43.6 Å². The van der Waals surface area contributed by atoms with Crippen LogP contribution in [0.1, 0.15) is 78.7 Å². The number of rotatable bonds is 12. The van der Waals surface area contributed by atoms with Crippen molar-refractivity contribution < 1.29 is 24.3 Å². The number of anilines is 1. The Morgan fingerprint density at radius 3 is 2.37 bits per heavy atom. The Balaban J connectivity index is 2.14. The zero-order chi connectivity index (χ0) is 30.7. The average Bonchev–Trinajstić information content (AvgIpc) is 2.85. The summed E-state index contributed by atoms with van der Waals surface area (Å²) in [5.41, 5.74) is 11.1. The van der Waals surface area contributed by atoms with Crippen LogP contribution >= 0.6 is 0 Å². The van der Waals surface area contributed by atoms with Crippen LogP contribution in [0.5, 0.6) is 0 Å². The number of amides is 3. The van der Waals surface area contributed by atoms with Crippen LogP contribution in [0.4, 0.5) is 5.69 Å². The van der Waals surface area contributed by atoms with Gasteiger partial charge in [-0.05, 0) is 74.6 Å². The molecule has 1 aliphatic carbocycles. The predicted molar refractivity (Wildman–Crippen MR) is 163 cm³/mol. The van der Waals surface area contributed by atoms with Gasteiger partial charge in [0, 0.05) is 18.7 Å². The molecule has 1 aromatic rings. The van der Waals surface area contributed by atoms with Crippen molar-refractivity contribution in [3.05, 3.63) is 88.6 Å². The summed E-state index contributed by atoms with van der Waals surface area (Å²) < 4.78 is 0. The first-order valence-corrected chi connectivity index (χ1v) is 13.8. The van der Waals surface area contributed by atoms with Crippen molar-refractivity contribution in [3.8, 4) is 0 Å². The first-order valence-electron chi connectivity index (χ1n) is 13.8. The van der Waals surface area contributed by atoms with Gasteiger partial charge in [0.1, 0.15) is 6.04 Å². The van der Waals surface area contributed by atoms with Crippen molar-refractivity contribution >= 4 is 29.4 Å². The highest BCUT2D eigenvalue weighted by molar-refractivity contribution is 6.01. The summed E-state index contributed by atoms with van der Waals surface area (Å²) in [7, 11) is 0. The molecular formula is C33H43N3O5. The molecule has 0 heterocycles. The van der Waals surface area contributed by atoms with Gasteiger partial charge in [-0.1, -0.05) is 73.6 Å². The minimum absolute atomic E-state index is 0.182. The van der Waals surface area contributed by atoms with Crippen LogP contribution < -0.4 is 16.4 Å². The minimum Gasteiger partial charge on any atom is -0.480 e. The molecule has 3 amide bonds. The molecule has 0 aromatic heterocycles. The maximum atomic E-state index is 12.8. The molecule has 1 aromatic carbocycles. The lowest BCUT2D eigenvalue weighted by Gasteiger charge is -2.32. The maximum absolute atomic E-state index is 12.8. The molecule has 5 N–H and O–H groups in total. The Morgan fingerprint density at radius 2 is 1.76 bits per heavy atom. The monoisotopic (exact) mass is 561 g/mol. The van der Waals surface area contributed by atoms with Gasteiger partial charge in [0.05, 0.1) is 5.92 Å². The normalized spacial score (nSPS) is 17.4. The Morgan fingerprint density at radius 1 is 1.07 bits per heavy atom. The molecule has 0 bridgehead atoms. The van der Waals surface area contributed by atoms with Gasteiger partial charge in [0.25, 0.3) is 0 Å². The van der Waals surface area contributed by atoms with E-state index in [0.29, 0.717) is 16.8 Å². The zero-order valence-corrected chi connectivity index (χ0v) is 24.9. The van der Waals surface area contributed by atoms with E-state index in [4.69, 9.17) is 5.73 Å². The van der Waals surface area contributed by atoms with Crippen molar-refractivity contribution in [3.63, 3.8) is 0 Å². The number of allylic oxidation sites excluding steroid dienone is 9. The molecule has 0 aliphatic heterocycles. The van der Waals surface area contributed by atoms with Crippen LogP contribution in [0.2, 0.25) is 0 Å². The van der Waals surface area contributed by atoms with Crippen molar-refractivity contribution in [1.29, 1.82) is 0 Å². The van der Waals surface area contributed by atoms with Gasteiger partial charge >= 0.3 is 5.97 Å². The number of carboxylic acid groups (broad SMARTS) is 1. The number of aliphatic carboxylic acids is 1. The molecule has 0 fully saturated rings. The third kappa shape index (κ3) is 10.4. The number of para-hydroxylation sites is 1. The summed E-state index contributed by atoms with van der Waals surface area (Å²) in [6.45, 7) is 11.8. The van der Waals surface area contributed by atoms with Crippen LogP contribution in [0.3, 0.4) is 0 Å². The third-order valence-electron chi connectivity index (χ3n) is 7.22. The number of carboxylic acids is 1. The molecule has 8 heteroatoms. The van der Waals surface area contributed by atoms with E-state index in [1.54, 1.807) is 31.2 Å². The second kappa shape index (κ2) is 15.0. The number of benzene rings is 1. The van der Waals surface area contributed by atoms with Gasteiger partial charge in [0.15, 0.2) is 0 Å². The van der Waals surface area contributed by atoms with Crippen LogP contribution in [0.25, 0.3) is 0 Å². The number of primary amides is 1. The van der Waals surface area contributed by atoms with Crippen LogP contribution in [0, 0.1) is 5.41 Å². The van der Waals surface area contributed by atoms with Gasteiger partial charge in [-0.15, -0.1) is 0 Å². The number of hydrogen-bond acceptors (Lipinski definition) is 4. The van der Waals surface area contributed by atoms with Gasteiger partial charge < -0.3 is 21.5 Å². The standard InChI is InChI=1S/C33H43N3O5/c1-21(16-17-27-23(3)13-10-18-33(27,5)6)11-9-12-22(2)19-30(38)36-28-15-8-7-14-25(28)26(31(34)39)20-29(32(40)41)35-24(4)37/h7-9,11-12,14-17,19,26,29H,10,13,18,20H2,1-6H3,(H2,34,39)(H,35,37)(H,36,38)(H,40,41)/b12-9+,17-16+,21-11+,22-19+. The first-order chi connectivity index (χ1) is 19.2. The lowest BCUT2D eigenvalue weighted by Crippen LogP contribution is -2.42. The Bertz CT molecular complexity index is 1310. The molecule has 0 saturated carbocycles. The maximum Gasteiger partial charge on any atom is 0.326 e. The molecule has 2 unspecified atom stereocenters. The van der Waals surface area contributed by atoms with E-state index in [1.165, 1.54) is 37.0 Å². The average molecular weight is 562 g/mol. The molecule has 0 spiro atoms. The largest absolute Gasteiger partial charge is 0.480 e. The SMILES string of the molecule is CC(=O)NC(CC(C(N)=O)c1ccccc1NC(=O)/C=C(C)/C=C/C=C(C)/C=C/C1=C(C)CCCC1(C)C)C(=O)O. The second-order valence-corrected chi connectivity index (χ2v) is 11.3. The number of hydrogen-bond donors (Lipinski definition) is 4. The van der Waals surface area contributed by atoms with Crippen LogP contribution in [-0.4, -0.2) is 34.8 Å². The Labute approximate surface area is 243 Å². The fourth-order valence-corrected chi connectivity index (χ4v) is 5.07. The Kier molecular flexibility index (Phi) is 12.1. The predicted octanol–water partition coefficient (Wildman–Crippen LogP) is 5.71. The van der Waals surface area contributed by atoms with Crippen molar-refractivity contribution in [2.45, 2.75) is 79.2 Å². The van der Waals surface area contributed by atoms with Crippen LogP contribution in [0.15, 0.2) is 83.0 Å². The number of carbonyl (C=O) groups is 4. The van der Waals surface area contributed by atoms with Gasteiger partial charge in [0.2, 0.25) is 17.7 Å². The smallest absolute Gasteiger partial charge is 0.326 e. The minimum atomic E-state index is -1.32. The molecule has 220 valence electrons. The number of nitrogens with one attached hydrogen (secondary N) is 2. The van der Waals surface area contributed by atoms with E-state index >= 15 is 0 Å². The Hall–Kier alpha value is -4.20. The summed E-state index contributed by atoms with van der Waals surface area (Å²) in [6.07, 6.45) is 14.8. The van der Waals surface area contributed by atoms with E-state index in [0.717, 1.165) is 12.0 Å². The van der Waals surface area contributed by atoms with Gasteiger partial charge in [-0.3, -0.25) is 14.4 Å². The lowest BCUT2D eigenvalue weighted by atomic mass is 9.72. The lowest BCUT2D eigenvalue weighted by molar-refractivity contribution is -0.142. The summed E-state index contributed by atoms with van der Waals surface area (Å²) in [5.74, 6) is -4.07. The van der Waals surface area contributed by atoms with E-state index < -0.39 is 35.7 Å². The topological polar surface area (TPSA) is 139 Å². The number of carbonyl (C=O) groups excluding carboxylic acids is 3. The highest BCUT2D eigenvalue weighted by Crippen LogP contribution is 2.40. The molecular weight excluding hydrogens is 518 g/mol. The van der Waals surface area contributed by atoms with Gasteiger partial charge in [-0.25, -0.2) is 4.79 Å². The fraction of sp³-hybridized carbons (Fsp3) is 0.394. The quantitative estimate of drug-likeness (QED) is 0.191. The zero-order valence-electron chi connectivity index (χ0n) is 24.9. The summed E-state index contributed by atoms with van der Waals surface area (Å²) in [5, 5.41) is 14.6. The molecule has 2 atom stereocenters. The summed E-state index contributed by atoms with van der Waals surface area (Å²) >= 11 is 0.